The molecule has 0 aliphatic heterocycles. The Morgan fingerprint density at radius 2 is 1.79 bits per heavy atom. The lowest BCUT2D eigenvalue weighted by Gasteiger charge is -2.10. The highest BCUT2D eigenvalue weighted by Crippen LogP contribution is 2.23. The molecule has 0 bridgehead atoms. The highest BCUT2D eigenvalue weighted by molar-refractivity contribution is 5.93. The number of aryl methyl sites for hydroxylation is 2. The van der Waals surface area contributed by atoms with Crippen molar-refractivity contribution in [3.05, 3.63) is 28.8 Å². The second-order valence-corrected chi connectivity index (χ2v) is 3.11. The molecule has 1 amide bonds. The number of benzene rings is 1. The SMILES string of the molecule is Cc1cc(C(=O)N(N)O)cc(C)c1O. The van der Waals surface area contributed by atoms with Gasteiger partial charge >= 0.3 is 0 Å². The molecule has 0 radical (unpaired) electrons. The third-order valence-electron chi connectivity index (χ3n) is 1.95. The van der Waals surface area contributed by atoms with Crippen LogP contribution in [0.4, 0.5) is 0 Å². The number of hydroxylamine groups is 1. The van der Waals surface area contributed by atoms with E-state index in [0.29, 0.717) is 11.1 Å². The number of rotatable bonds is 1. The Balaban J connectivity index is 3.19. The molecule has 0 heterocycles. The maximum Gasteiger partial charge on any atom is 0.292 e. The van der Waals surface area contributed by atoms with Crippen LogP contribution in [0.1, 0.15) is 21.5 Å². The van der Waals surface area contributed by atoms with Crippen molar-refractivity contribution in [2.24, 2.45) is 5.84 Å². The van der Waals surface area contributed by atoms with E-state index < -0.39 is 5.91 Å². The Labute approximate surface area is 81.3 Å². The van der Waals surface area contributed by atoms with Gasteiger partial charge in [0, 0.05) is 5.56 Å². The Kier molecular flexibility index (Phi) is 2.73. The van der Waals surface area contributed by atoms with Crippen LogP contribution < -0.4 is 5.84 Å². The van der Waals surface area contributed by atoms with Gasteiger partial charge < -0.3 is 5.11 Å². The van der Waals surface area contributed by atoms with Crippen molar-refractivity contribution in [1.82, 2.24) is 5.17 Å². The fourth-order valence-electron chi connectivity index (χ4n) is 1.21. The largest absolute Gasteiger partial charge is 0.507 e. The van der Waals surface area contributed by atoms with Gasteiger partial charge in [0.2, 0.25) is 0 Å². The van der Waals surface area contributed by atoms with Gasteiger partial charge in [0.1, 0.15) is 5.75 Å². The third-order valence-corrected chi connectivity index (χ3v) is 1.95. The van der Waals surface area contributed by atoms with Gasteiger partial charge in [-0.15, -0.1) is 5.17 Å². The average Bonchev–Trinajstić information content (AvgIpc) is 2.12. The smallest absolute Gasteiger partial charge is 0.292 e. The monoisotopic (exact) mass is 196 g/mol. The van der Waals surface area contributed by atoms with Crippen molar-refractivity contribution < 1.29 is 15.1 Å². The first-order chi connectivity index (χ1) is 6.43. The van der Waals surface area contributed by atoms with Gasteiger partial charge in [0.05, 0.1) is 0 Å². The average molecular weight is 196 g/mol. The first-order valence-electron chi connectivity index (χ1n) is 4.01. The topological polar surface area (TPSA) is 86.8 Å². The van der Waals surface area contributed by atoms with Gasteiger partial charge in [-0.25, -0.2) is 5.84 Å². The second-order valence-electron chi connectivity index (χ2n) is 3.11. The minimum absolute atomic E-state index is 0.0191. The molecular formula is C9H12N2O3. The number of nitrogens with zero attached hydrogens (tertiary/aromatic N) is 1. The predicted molar refractivity (Wildman–Crippen MR) is 49.7 cm³/mol. The van der Waals surface area contributed by atoms with Crippen molar-refractivity contribution in [2.75, 3.05) is 0 Å². The van der Waals surface area contributed by atoms with Gasteiger partial charge in [-0.2, -0.15) is 0 Å². The zero-order valence-electron chi connectivity index (χ0n) is 7.98. The zero-order valence-corrected chi connectivity index (χ0v) is 7.98. The Morgan fingerprint density at radius 1 is 1.36 bits per heavy atom. The second kappa shape index (κ2) is 3.65. The summed E-state index contributed by atoms with van der Waals surface area (Å²) in [6.45, 7) is 3.33. The molecule has 0 atom stereocenters. The molecule has 0 spiro atoms. The molecule has 0 aromatic heterocycles. The molecule has 0 unspecified atom stereocenters. The Hall–Kier alpha value is -1.59. The first kappa shape index (κ1) is 10.5. The summed E-state index contributed by atoms with van der Waals surface area (Å²) in [7, 11) is 0. The molecule has 1 aromatic carbocycles. The Bertz CT molecular complexity index is 351. The van der Waals surface area contributed by atoms with Gasteiger partial charge in [-0.1, -0.05) is 0 Å². The molecule has 1 rings (SSSR count). The van der Waals surface area contributed by atoms with Crippen molar-refractivity contribution in [1.29, 1.82) is 0 Å². The fourth-order valence-corrected chi connectivity index (χ4v) is 1.21. The van der Waals surface area contributed by atoms with Crippen molar-refractivity contribution in [3.63, 3.8) is 0 Å². The lowest BCUT2D eigenvalue weighted by Crippen LogP contribution is -2.33. The molecule has 0 aliphatic carbocycles. The van der Waals surface area contributed by atoms with Crippen LogP contribution in [0.5, 0.6) is 5.75 Å². The van der Waals surface area contributed by atoms with Crippen molar-refractivity contribution in [2.45, 2.75) is 13.8 Å². The summed E-state index contributed by atoms with van der Waals surface area (Å²) >= 11 is 0. The number of amides is 1. The van der Waals surface area contributed by atoms with Crippen LogP contribution in [0.2, 0.25) is 0 Å². The molecule has 0 saturated carbocycles. The maximum absolute atomic E-state index is 11.2. The molecule has 5 heteroatoms. The summed E-state index contributed by atoms with van der Waals surface area (Å²) in [5.74, 6) is 4.31. The van der Waals surface area contributed by atoms with Gasteiger partial charge in [0.15, 0.2) is 0 Å². The highest BCUT2D eigenvalue weighted by Gasteiger charge is 2.13. The zero-order chi connectivity index (χ0) is 10.9. The fraction of sp³-hybridized carbons (Fsp3) is 0.222. The van der Waals surface area contributed by atoms with E-state index in [2.05, 4.69) is 0 Å². The normalized spacial score (nSPS) is 10.0. The highest BCUT2D eigenvalue weighted by atomic mass is 16.5. The van der Waals surface area contributed by atoms with Crippen molar-refractivity contribution >= 4 is 5.91 Å². The third kappa shape index (κ3) is 1.84. The predicted octanol–water partition coefficient (Wildman–Crippen LogP) is 0.714. The number of carbonyl (C=O) groups is 1. The minimum Gasteiger partial charge on any atom is -0.507 e. The van der Waals surface area contributed by atoms with E-state index in [-0.39, 0.29) is 16.5 Å². The number of hydrazine groups is 1. The van der Waals surface area contributed by atoms with Crippen molar-refractivity contribution in [3.8, 4) is 5.75 Å². The van der Waals surface area contributed by atoms with Crippen LogP contribution in [0.3, 0.4) is 0 Å². The van der Waals surface area contributed by atoms with E-state index in [1.807, 2.05) is 0 Å². The summed E-state index contributed by atoms with van der Waals surface area (Å²) < 4.78 is 0. The number of hydrogen-bond acceptors (Lipinski definition) is 4. The molecule has 0 fully saturated rings. The van der Waals surface area contributed by atoms with Crippen LogP contribution in [0.25, 0.3) is 0 Å². The standard InChI is InChI=1S/C9H12N2O3/c1-5-3-7(9(13)11(10)14)4-6(2)8(5)12/h3-4,12,14H,10H2,1-2H3. The van der Waals surface area contributed by atoms with Gasteiger partial charge in [-0.05, 0) is 37.1 Å². The summed E-state index contributed by atoms with van der Waals surface area (Å²) in [4.78, 5) is 11.2. The lowest BCUT2D eigenvalue weighted by molar-refractivity contribution is -0.0595. The molecule has 5 nitrogen and oxygen atoms in total. The van der Waals surface area contributed by atoms with Crippen LogP contribution in [-0.2, 0) is 0 Å². The summed E-state index contributed by atoms with van der Waals surface area (Å²) in [6, 6.07) is 2.92. The molecule has 0 aliphatic rings. The molecular weight excluding hydrogens is 184 g/mol. The maximum atomic E-state index is 11.2. The molecule has 14 heavy (non-hydrogen) atoms. The molecule has 1 aromatic rings. The van der Waals surface area contributed by atoms with E-state index in [1.54, 1.807) is 13.8 Å². The number of phenols is 1. The summed E-state index contributed by atoms with van der Waals surface area (Å²) in [5.41, 5.74) is 1.37. The summed E-state index contributed by atoms with van der Waals surface area (Å²) in [6.07, 6.45) is 0. The van der Waals surface area contributed by atoms with E-state index in [9.17, 15) is 9.90 Å². The molecule has 4 N–H and O–H groups in total. The van der Waals surface area contributed by atoms with Crippen LogP contribution >= 0.6 is 0 Å². The van der Waals surface area contributed by atoms with Crippen LogP contribution in [-0.4, -0.2) is 21.4 Å². The van der Waals surface area contributed by atoms with Gasteiger partial charge in [-0.3, -0.25) is 10.0 Å². The van der Waals surface area contributed by atoms with E-state index in [4.69, 9.17) is 11.0 Å². The molecule has 0 saturated heterocycles. The van der Waals surface area contributed by atoms with Crippen LogP contribution in [0.15, 0.2) is 12.1 Å². The number of nitrogens with two attached hydrogens (primary N) is 1. The van der Waals surface area contributed by atoms with E-state index >= 15 is 0 Å². The number of phenolic OH excluding ortho intramolecular Hbond substituents is 1. The number of carbonyl (C=O) groups excluding carboxylic acids is 1. The first-order valence-corrected chi connectivity index (χ1v) is 4.01. The number of hydrogen-bond donors (Lipinski definition) is 3. The van der Waals surface area contributed by atoms with Crippen LogP contribution in [0, 0.1) is 13.8 Å². The molecule has 76 valence electrons. The lowest BCUT2D eigenvalue weighted by atomic mass is 10.1. The Morgan fingerprint density at radius 3 is 2.14 bits per heavy atom. The number of aromatic hydroxyl groups is 1. The van der Waals surface area contributed by atoms with E-state index in [0.717, 1.165) is 0 Å². The van der Waals surface area contributed by atoms with Gasteiger partial charge in [0.25, 0.3) is 5.91 Å². The van der Waals surface area contributed by atoms with E-state index in [1.165, 1.54) is 12.1 Å². The summed E-state index contributed by atoms with van der Waals surface area (Å²) in [5, 5.41) is 18.2. The minimum atomic E-state index is -0.712. The quantitative estimate of drug-likeness (QED) is 0.267.